The van der Waals surface area contributed by atoms with Crippen LogP contribution in [0.4, 0.5) is 24.1 Å². The summed E-state index contributed by atoms with van der Waals surface area (Å²) >= 11 is 0. The van der Waals surface area contributed by atoms with Crippen molar-refractivity contribution in [3.63, 3.8) is 0 Å². The Bertz CT molecular complexity index is 1410. The van der Waals surface area contributed by atoms with Gasteiger partial charge in [-0.1, -0.05) is 6.07 Å². The zero-order chi connectivity index (χ0) is 27.5. The van der Waals surface area contributed by atoms with Gasteiger partial charge in [0.25, 0.3) is 5.91 Å². The quantitative estimate of drug-likeness (QED) is 0.521. The summed E-state index contributed by atoms with van der Waals surface area (Å²) in [5, 5.41) is 7.51. The second kappa shape index (κ2) is 9.32. The lowest BCUT2D eigenvalue weighted by Gasteiger charge is -2.31. The second-order valence-corrected chi connectivity index (χ2v) is 10.8. The average Bonchev–Trinajstić information content (AvgIpc) is 3.68. The smallest absolute Gasteiger partial charge is 0.325 e. The van der Waals surface area contributed by atoms with E-state index in [0.29, 0.717) is 42.9 Å². The summed E-state index contributed by atoms with van der Waals surface area (Å²) in [6, 6.07) is 5.91. The monoisotopic (exact) mass is 537 g/mol. The van der Waals surface area contributed by atoms with E-state index in [4.69, 9.17) is 0 Å². The molecule has 2 aliphatic carbocycles. The van der Waals surface area contributed by atoms with Gasteiger partial charge in [0.1, 0.15) is 23.7 Å². The molecule has 0 bridgehead atoms. The van der Waals surface area contributed by atoms with Crippen molar-refractivity contribution in [1.29, 1.82) is 0 Å². The number of carbonyl (C=O) groups excluding carboxylic acids is 4. The van der Waals surface area contributed by atoms with Crippen molar-refractivity contribution in [3.05, 3.63) is 64.2 Å². The van der Waals surface area contributed by atoms with E-state index in [1.807, 2.05) is 0 Å². The second-order valence-electron chi connectivity index (χ2n) is 10.8. The molecule has 1 saturated heterocycles. The molecule has 0 radical (unpaired) electrons. The first-order chi connectivity index (χ1) is 18.7. The summed E-state index contributed by atoms with van der Waals surface area (Å²) < 4.78 is 28.8. The number of anilines is 1. The van der Waals surface area contributed by atoms with Crippen LogP contribution in [0, 0.1) is 17.6 Å². The van der Waals surface area contributed by atoms with Gasteiger partial charge in [-0.2, -0.15) is 0 Å². The van der Waals surface area contributed by atoms with Crippen molar-refractivity contribution in [2.75, 3.05) is 18.9 Å². The number of nitrogens with zero attached hydrogens (tertiary/aromatic N) is 2. The Morgan fingerprint density at radius 2 is 1.85 bits per heavy atom. The first kappa shape index (κ1) is 25.3. The van der Waals surface area contributed by atoms with E-state index < -0.39 is 35.9 Å². The lowest BCUT2D eigenvalue weighted by Crippen LogP contribution is -2.48. The first-order valence-electron chi connectivity index (χ1n) is 13.2. The number of carbonyl (C=O) groups is 4. The Hall–Kier alpha value is -4.02. The molecule has 0 aromatic heterocycles. The highest BCUT2D eigenvalue weighted by Gasteiger charge is 2.56. The Kier molecular flexibility index (Phi) is 6.04. The van der Waals surface area contributed by atoms with Gasteiger partial charge in [-0.25, -0.2) is 18.4 Å². The molecule has 204 valence electrons. The maximum absolute atomic E-state index is 14.9. The highest BCUT2D eigenvalue weighted by atomic mass is 19.1. The van der Waals surface area contributed by atoms with Crippen LogP contribution < -0.4 is 16.0 Å². The van der Waals surface area contributed by atoms with E-state index in [-0.39, 0.29) is 29.9 Å². The standard InChI is InChI=1S/C28H29F2N5O4/c1-31-26(38)32-22-11-17-8-9-28(20(17)12-21(22)30)25(37)35(27(39)33-28)14-24(36)34-13-18-4-6-19(29)10-16(18)5-7-23(34)15-2-3-15/h4,6,10-12,15,23H,2-3,5,7-9,13-14H2,1H3,(H,33,39)(H2,31,32,38). The molecule has 6 amide bonds. The molecule has 6 rings (SSSR count). The molecular formula is C28H29F2N5O4. The Balaban J connectivity index is 1.24. The maximum Gasteiger partial charge on any atom is 0.325 e. The van der Waals surface area contributed by atoms with Crippen LogP contribution >= 0.6 is 0 Å². The van der Waals surface area contributed by atoms with Crippen LogP contribution in [0.3, 0.4) is 0 Å². The summed E-state index contributed by atoms with van der Waals surface area (Å²) in [4.78, 5) is 54.8. The molecule has 2 aromatic carbocycles. The zero-order valence-corrected chi connectivity index (χ0v) is 21.5. The lowest BCUT2D eigenvalue weighted by atomic mass is 9.91. The molecule has 11 heteroatoms. The largest absolute Gasteiger partial charge is 0.341 e. The lowest BCUT2D eigenvalue weighted by molar-refractivity contribution is -0.141. The minimum Gasteiger partial charge on any atom is -0.341 e. The van der Waals surface area contributed by atoms with Crippen molar-refractivity contribution < 1.29 is 28.0 Å². The van der Waals surface area contributed by atoms with Gasteiger partial charge in [0.2, 0.25) is 5.91 Å². The fraction of sp³-hybridized carbons (Fsp3) is 0.429. The van der Waals surface area contributed by atoms with Crippen LogP contribution in [0.5, 0.6) is 0 Å². The highest BCUT2D eigenvalue weighted by Crippen LogP contribution is 2.44. The number of imide groups is 1. The van der Waals surface area contributed by atoms with Crippen LogP contribution in [-0.2, 0) is 34.5 Å². The molecule has 1 saturated carbocycles. The van der Waals surface area contributed by atoms with Crippen LogP contribution in [0.1, 0.15) is 47.9 Å². The third-order valence-electron chi connectivity index (χ3n) is 8.47. The van der Waals surface area contributed by atoms with Crippen molar-refractivity contribution in [3.8, 4) is 0 Å². The topological polar surface area (TPSA) is 111 Å². The van der Waals surface area contributed by atoms with Gasteiger partial charge < -0.3 is 20.9 Å². The third-order valence-corrected chi connectivity index (χ3v) is 8.47. The number of halogens is 2. The zero-order valence-electron chi connectivity index (χ0n) is 21.5. The van der Waals surface area contributed by atoms with E-state index in [2.05, 4.69) is 16.0 Å². The number of benzene rings is 2. The molecule has 4 aliphatic rings. The Labute approximate surface area is 223 Å². The molecule has 2 atom stereocenters. The Morgan fingerprint density at radius 3 is 2.59 bits per heavy atom. The van der Waals surface area contributed by atoms with Gasteiger partial charge in [-0.05, 0) is 91.0 Å². The fourth-order valence-corrected chi connectivity index (χ4v) is 6.29. The van der Waals surface area contributed by atoms with Crippen LogP contribution in [0.15, 0.2) is 30.3 Å². The van der Waals surface area contributed by atoms with Gasteiger partial charge in [0.05, 0.1) is 5.69 Å². The first-order valence-corrected chi connectivity index (χ1v) is 13.2. The van der Waals surface area contributed by atoms with Crippen LogP contribution in [0.2, 0.25) is 0 Å². The SMILES string of the molecule is CNC(=O)Nc1cc2c(cc1F)C1(CC2)NC(=O)N(CC(=O)N2Cc3ccc(F)cc3CCC2C2CC2)C1=O. The van der Waals surface area contributed by atoms with Gasteiger partial charge in [0, 0.05) is 19.6 Å². The number of hydrogen-bond acceptors (Lipinski definition) is 4. The minimum atomic E-state index is -1.46. The number of hydrogen-bond donors (Lipinski definition) is 3. The molecule has 2 unspecified atom stereocenters. The van der Waals surface area contributed by atoms with Gasteiger partial charge >= 0.3 is 12.1 Å². The number of nitrogens with one attached hydrogen (secondary N) is 3. The summed E-state index contributed by atoms with van der Waals surface area (Å²) in [5.74, 6) is -1.64. The summed E-state index contributed by atoms with van der Waals surface area (Å²) in [7, 11) is 1.41. The minimum absolute atomic E-state index is 0.0265. The van der Waals surface area contributed by atoms with E-state index in [9.17, 15) is 28.0 Å². The molecule has 3 N–H and O–H groups in total. The predicted octanol–water partition coefficient (Wildman–Crippen LogP) is 3.16. The van der Waals surface area contributed by atoms with E-state index in [1.165, 1.54) is 31.3 Å². The van der Waals surface area contributed by atoms with Crippen molar-refractivity contribution in [2.45, 2.75) is 56.7 Å². The average molecular weight is 538 g/mol. The number of urea groups is 2. The summed E-state index contributed by atoms with van der Waals surface area (Å²) in [6.07, 6.45) is 3.96. The maximum atomic E-state index is 14.9. The molecule has 2 fully saturated rings. The van der Waals surface area contributed by atoms with Crippen molar-refractivity contribution >= 4 is 29.6 Å². The molecular weight excluding hydrogens is 508 g/mol. The molecule has 9 nitrogen and oxygen atoms in total. The number of fused-ring (bicyclic) bond motifs is 3. The molecule has 1 spiro atoms. The molecule has 2 aliphatic heterocycles. The highest BCUT2D eigenvalue weighted by molar-refractivity contribution is 6.10. The summed E-state index contributed by atoms with van der Waals surface area (Å²) in [5.41, 5.74) is 1.22. The third kappa shape index (κ3) is 4.29. The summed E-state index contributed by atoms with van der Waals surface area (Å²) in [6.45, 7) is -0.139. The van der Waals surface area contributed by atoms with Gasteiger partial charge in [-0.15, -0.1) is 0 Å². The van der Waals surface area contributed by atoms with Crippen LogP contribution in [-0.4, -0.2) is 53.3 Å². The van der Waals surface area contributed by atoms with E-state index in [1.54, 1.807) is 11.0 Å². The van der Waals surface area contributed by atoms with Crippen molar-refractivity contribution in [1.82, 2.24) is 20.4 Å². The van der Waals surface area contributed by atoms with Crippen molar-refractivity contribution in [2.24, 2.45) is 5.92 Å². The van der Waals surface area contributed by atoms with Gasteiger partial charge in [-0.3, -0.25) is 14.5 Å². The van der Waals surface area contributed by atoms with E-state index >= 15 is 0 Å². The number of aryl methyl sites for hydroxylation is 2. The number of amides is 6. The Morgan fingerprint density at radius 1 is 1.05 bits per heavy atom. The molecule has 2 heterocycles. The number of rotatable bonds is 4. The molecule has 39 heavy (non-hydrogen) atoms. The molecule has 2 aromatic rings. The van der Waals surface area contributed by atoms with Gasteiger partial charge in [0.15, 0.2) is 0 Å². The normalized spacial score (nSPS) is 23.8. The fourth-order valence-electron chi connectivity index (χ4n) is 6.29. The van der Waals surface area contributed by atoms with Crippen LogP contribution in [0.25, 0.3) is 0 Å². The predicted molar refractivity (Wildman–Crippen MR) is 137 cm³/mol. The van der Waals surface area contributed by atoms with E-state index in [0.717, 1.165) is 28.9 Å².